The minimum atomic E-state index is -0.641. The monoisotopic (exact) mass is 185 g/mol. The largest absolute Gasteiger partial charge is 0.467 e. The molecule has 0 heterocycles. The second kappa shape index (κ2) is 5.58. The van der Waals surface area contributed by atoms with Crippen molar-refractivity contribution in [1.29, 1.82) is 0 Å². The molecule has 0 aromatic rings. The molecule has 0 aliphatic heterocycles. The van der Waals surface area contributed by atoms with E-state index >= 15 is 0 Å². The number of nitrogens with two attached hydrogens (primary N) is 1. The SMILES string of the molecule is COC(=O)C(NC(=O)[B]N)C(C)C. The highest BCUT2D eigenvalue weighted by molar-refractivity contribution is 6.70. The van der Waals surface area contributed by atoms with Crippen LogP contribution in [0.3, 0.4) is 0 Å². The molecule has 0 rings (SSSR count). The number of amides is 1. The van der Waals surface area contributed by atoms with Crippen LogP contribution < -0.4 is 11.0 Å². The smallest absolute Gasteiger partial charge is 0.328 e. The van der Waals surface area contributed by atoms with Gasteiger partial charge in [-0.3, -0.25) is 4.79 Å². The minimum absolute atomic E-state index is 0.0312. The van der Waals surface area contributed by atoms with Gasteiger partial charge in [-0.1, -0.05) is 13.8 Å². The number of hydrogen-bond acceptors (Lipinski definition) is 4. The Morgan fingerprint density at radius 1 is 1.46 bits per heavy atom. The van der Waals surface area contributed by atoms with Gasteiger partial charge in [0.25, 0.3) is 0 Å². The zero-order valence-electron chi connectivity index (χ0n) is 8.03. The number of carbonyl (C=O) groups excluding carboxylic acids is 2. The summed E-state index contributed by atoms with van der Waals surface area (Å²) in [6.07, 6.45) is 0. The molecule has 0 fully saturated rings. The van der Waals surface area contributed by atoms with E-state index in [1.165, 1.54) is 7.11 Å². The summed E-state index contributed by atoms with van der Waals surface area (Å²) < 4.78 is 4.51. The standard InChI is InChI=1S/C7H14BN2O3/c1-4(2)5(6(11)13-3)10-7(12)8-9/h4-5H,9H2,1-3H3,(H,10,12). The van der Waals surface area contributed by atoms with Gasteiger partial charge in [0.05, 0.1) is 7.11 Å². The second-order valence-electron chi connectivity index (χ2n) is 2.92. The summed E-state index contributed by atoms with van der Waals surface area (Å²) in [6.45, 7) is 3.61. The van der Waals surface area contributed by atoms with E-state index in [1.807, 2.05) is 0 Å². The summed E-state index contributed by atoms with van der Waals surface area (Å²) in [6, 6.07) is -0.641. The van der Waals surface area contributed by atoms with Crippen molar-refractivity contribution >= 4 is 19.2 Å². The lowest BCUT2D eigenvalue weighted by molar-refractivity contribution is -0.143. The first-order chi connectivity index (χ1) is 6.02. The fourth-order valence-corrected chi connectivity index (χ4v) is 0.826. The lowest BCUT2D eigenvalue weighted by Gasteiger charge is -2.19. The van der Waals surface area contributed by atoms with Crippen LogP contribution in [0.2, 0.25) is 0 Å². The van der Waals surface area contributed by atoms with Gasteiger partial charge in [-0.25, -0.2) is 4.79 Å². The van der Waals surface area contributed by atoms with E-state index < -0.39 is 17.8 Å². The van der Waals surface area contributed by atoms with Crippen LogP contribution in [-0.2, 0) is 9.53 Å². The van der Waals surface area contributed by atoms with Crippen LogP contribution >= 0.6 is 0 Å². The lowest BCUT2D eigenvalue weighted by Crippen LogP contribution is -2.47. The molecule has 5 nitrogen and oxygen atoms in total. The summed E-state index contributed by atoms with van der Waals surface area (Å²) in [4.78, 5) is 22.0. The molecule has 1 atom stereocenters. The van der Waals surface area contributed by atoms with Gasteiger partial charge < -0.3 is 15.7 Å². The number of rotatable bonds is 4. The van der Waals surface area contributed by atoms with Crippen molar-refractivity contribution in [1.82, 2.24) is 5.32 Å². The molecule has 6 heteroatoms. The Kier molecular flexibility index (Phi) is 5.14. The predicted molar refractivity (Wildman–Crippen MR) is 49.1 cm³/mol. The van der Waals surface area contributed by atoms with Crippen LogP contribution in [0.1, 0.15) is 13.8 Å². The molecule has 0 saturated carbocycles. The number of ether oxygens (including phenoxy) is 1. The molecule has 0 bridgehead atoms. The molecule has 0 saturated heterocycles. The van der Waals surface area contributed by atoms with Crippen molar-refractivity contribution in [3.8, 4) is 0 Å². The van der Waals surface area contributed by atoms with Gasteiger partial charge >= 0.3 is 13.4 Å². The molecule has 0 spiro atoms. The fourth-order valence-electron chi connectivity index (χ4n) is 0.826. The minimum Gasteiger partial charge on any atom is -0.467 e. The highest BCUT2D eigenvalue weighted by Crippen LogP contribution is 2.02. The first kappa shape index (κ1) is 12.0. The Hall–Kier alpha value is -1.04. The van der Waals surface area contributed by atoms with Crippen LogP contribution in [0.4, 0.5) is 4.79 Å². The van der Waals surface area contributed by atoms with Crippen molar-refractivity contribution < 1.29 is 14.3 Å². The third kappa shape index (κ3) is 3.94. The Balaban J connectivity index is 4.26. The average molecular weight is 185 g/mol. The molecule has 3 N–H and O–H groups in total. The van der Waals surface area contributed by atoms with E-state index in [4.69, 9.17) is 5.64 Å². The molecule has 0 aromatic heterocycles. The number of hydrogen-bond donors (Lipinski definition) is 2. The maximum absolute atomic E-state index is 11.1. The fraction of sp³-hybridized carbons (Fsp3) is 0.714. The average Bonchev–Trinajstić information content (AvgIpc) is 2.11. The van der Waals surface area contributed by atoms with Gasteiger partial charge in [0.15, 0.2) is 5.81 Å². The molecule has 1 amide bonds. The quantitative estimate of drug-likeness (QED) is 0.455. The van der Waals surface area contributed by atoms with Crippen molar-refractivity contribution in [2.45, 2.75) is 19.9 Å². The lowest BCUT2D eigenvalue weighted by atomic mass is 9.94. The van der Waals surface area contributed by atoms with Crippen LogP contribution in [0.25, 0.3) is 0 Å². The summed E-state index contributed by atoms with van der Waals surface area (Å²) in [7, 11) is 2.15. The third-order valence-corrected chi connectivity index (χ3v) is 1.57. The van der Waals surface area contributed by atoms with E-state index in [2.05, 4.69) is 10.1 Å². The molecule has 73 valence electrons. The Bertz CT molecular complexity index is 196. The van der Waals surface area contributed by atoms with Gasteiger partial charge in [0.2, 0.25) is 0 Å². The highest BCUT2D eigenvalue weighted by atomic mass is 16.5. The highest BCUT2D eigenvalue weighted by Gasteiger charge is 2.24. The molecule has 0 aromatic carbocycles. The molecule has 1 unspecified atom stereocenters. The second-order valence-corrected chi connectivity index (χ2v) is 2.92. The summed E-state index contributed by atoms with van der Waals surface area (Å²) in [5.41, 5.74) is 4.97. The van der Waals surface area contributed by atoms with E-state index in [1.54, 1.807) is 13.8 Å². The number of nitrogens with one attached hydrogen (secondary N) is 1. The van der Waals surface area contributed by atoms with Gasteiger partial charge in [0, 0.05) is 0 Å². The Morgan fingerprint density at radius 2 is 2.00 bits per heavy atom. The molecule has 0 aliphatic rings. The number of carbonyl (C=O) groups is 2. The normalized spacial score (nSPS) is 12.1. The van der Waals surface area contributed by atoms with E-state index in [9.17, 15) is 9.59 Å². The van der Waals surface area contributed by atoms with Crippen LogP contribution in [-0.4, -0.2) is 32.3 Å². The molecule has 0 aliphatic carbocycles. The van der Waals surface area contributed by atoms with Crippen molar-refractivity contribution in [2.75, 3.05) is 7.11 Å². The van der Waals surface area contributed by atoms with Crippen LogP contribution in [0.15, 0.2) is 0 Å². The van der Waals surface area contributed by atoms with Gasteiger partial charge in [-0.15, -0.1) is 0 Å². The maximum Gasteiger partial charge on any atom is 0.328 e. The summed E-state index contributed by atoms with van der Waals surface area (Å²) in [5.74, 6) is -0.981. The van der Waals surface area contributed by atoms with Gasteiger partial charge in [-0.2, -0.15) is 0 Å². The van der Waals surface area contributed by atoms with Crippen molar-refractivity contribution in [3.63, 3.8) is 0 Å². The molecule has 1 radical (unpaired) electrons. The van der Waals surface area contributed by atoms with Crippen LogP contribution in [0, 0.1) is 5.92 Å². The molecular weight excluding hydrogens is 171 g/mol. The van der Waals surface area contributed by atoms with Crippen molar-refractivity contribution in [2.24, 2.45) is 11.6 Å². The summed E-state index contributed by atoms with van der Waals surface area (Å²) in [5, 5.41) is 2.42. The summed E-state index contributed by atoms with van der Waals surface area (Å²) >= 11 is 0. The Morgan fingerprint density at radius 3 is 2.31 bits per heavy atom. The van der Waals surface area contributed by atoms with Crippen molar-refractivity contribution in [3.05, 3.63) is 0 Å². The number of esters is 1. The van der Waals surface area contributed by atoms with E-state index in [0.29, 0.717) is 0 Å². The first-order valence-corrected chi connectivity index (χ1v) is 3.96. The number of methoxy groups -OCH3 is 1. The molecular formula is C7H14BN2O3. The Labute approximate surface area is 78.3 Å². The van der Waals surface area contributed by atoms with Gasteiger partial charge in [-0.05, 0) is 5.92 Å². The zero-order valence-corrected chi connectivity index (χ0v) is 8.03. The topological polar surface area (TPSA) is 81.4 Å². The van der Waals surface area contributed by atoms with E-state index in [0.717, 1.165) is 7.41 Å². The first-order valence-electron chi connectivity index (χ1n) is 3.96. The maximum atomic E-state index is 11.1. The van der Waals surface area contributed by atoms with Crippen LogP contribution in [0.5, 0.6) is 0 Å². The van der Waals surface area contributed by atoms with Gasteiger partial charge in [0.1, 0.15) is 6.04 Å². The van der Waals surface area contributed by atoms with E-state index in [-0.39, 0.29) is 5.92 Å². The zero-order chi connectivity index (χ0) is 10.4. The third-order valence-electron chi connectivity index (χ3n) is 1.57. The molecule has 13 heavy (non-hydrogen) atoms. The predicted octanol–water partition coefficient (Wildman–Crippen LogP) is -0.528.